The van der Waals surface area contributed by atoms with E-state index in [2.05, 4.69) is 33.6 Å². The largest absolute Gasteiger partial charge is 0.481 e. The van der Waals surface area contributed by atoms with E-state index in [0.717, 1.165) is 0 Å². The Labute approximate surface area is 218 Å². The van der Waals surface area contributed by atoms with Crippen LogP contribution in [0.5, 0.6) is 0 Å². The van der Waals surface area contributed by atoms with Gasteiger partial charge in [-0.3, -0.25) is 24.2 Å². The van der Waals surface area contributed by atoms with E-state index in [9.17, 15) is 29.1 Å². The average molecular weight is 540 g/mol. The average Bonchev–Trinajstić information content (AvgIpc) is 2.83. The Morgan fingerprint density at radius 3 is 2.00 bits per heavy atom. The first-order valence-electron chi connectivity index (χ1n) is 11.3. The third-order valence-corrected chi connectivity index (χ3v) is 5.39. The third-order valence-electron chi connectivity index (χ3n) is 5.02. The van der Waals surface area contributed by atoms with Gasteiger partial charge in [0.15, 0.2) is 5.96 Å². The molecular weight excluding hydrogens is 506 g/mol. The van der Waals surface area contributed by atoms with Crippen LogP contribution >= 0.6 is 12.6 Å². The van der Waals surface area contributed by atoms with Gasteiger partial charge >= 0.3 is 11.9 Å². The maximum absolute atomic E-state index is 13.0. The second-order valence-corrected chi connectivity index (χ2v) is 8.41. The number of rotatable bonds is 16. The van der Waals surface area contributed by atoms with E-state index in [0.29, 0.717) is 5.56 Å². The molecular formula is C22H33N7O7S. The van der Waals surface area contributed by atoms with E-state index in [1.54, 1.807) is 30.3 Å². The molecule has 0 aliphatic rings. The number of carboxylic acid groups (broad SMARTS) is 2. The number of carbonyl (C=O) groups excluding carboxylic acids is 3. The topological polar surface area (TPSA) is 252 Å². The maximum atomic E-state index is 13.0. The van der Waals surface area contributed by atoms with E-state index < -0.39 is 60.2 Å². The molecule has 1 aromatic rings. The predicted molar refractivity (Wildman–Crippen MR) is 138 cm³/mol. The minimum atomic E-state index is -1.40. The number of carbonyl (C=O) groups is 5. The van der Waals surface area contributed by atoms with Gasteiger partial charge in [0.1, 0.15) is 18.1 Å². The number of nitrogens with one attached hydrogen (secondary N) is 3. The summed E-state index contributed by atoms with van der Waals surface area (Å²) in [5.41, 5.74) is 16.7. The lowest BCUT2D eigenvalue weighted by Gasteiger charge is -2.24. The zero-order valence-electron chi connectivity index (χ0n) is 20.0. The van der Waals surface area contributed by atoms with Crippen molar-refractivity contribution in [3.05, 3.63) is 35.9 Å². The van der Waals surface area contributed by atoms with E-state index in [1.807, 2.05) is 0 Å². The number of thiol groups is 1. The highest BCUT2D eigenvalue weighted by Gasteiger charge is 2.30. The van der Waals surface area contributed by atoms with Gasteiger partial charge in [-0.15, -0.1) is 0 Å². The van der Waals surface area contributed by atoms with Crippen LogP contribution in [0, 0.1) is 0 Å². The fraction of sp³-hybridized carbons (Fsp3) is 0.455. The first kappa shape index (κ1) is 31.2. The molecule has 0 heterocycles. The molecule has 0 radical (unpaired) electrons. The van der Waals surface area contributed by atoms with Crippen LogP contribution in [0.2, 0.25) is 0 Å². The summed E-state index contributed by atoms with van der Waals surface area (Å²) < 4.78 is 0. The van der Waals surface area contributed by atoms with E-state index in [-0.39, 0.29) is 37.5 Å². The molecule has 0 aliphatic heterocycles. The number of nitrogens with zero attached hydrogens (tertiary/aromatic N) is 1. The number of carboxylic acids is 2. The summed E-state index contributed by atoms with van der Waals surface area (Å²) >= 11 is 4.08. The summed E-state index contributed by atoms with van der Waals surface area (Å²) in [6.07, 6.45) is -0.331. The molecule has 1 aromatic carbocycles. The Kier molecular flexibility index (Phi) is 13.5. The Hall–Kier alpha value is -3.85. The Morgan fingerprint density at radius 1 is 0.892 bits per heavy atom. The molecule has 0 fully saturated rings. The summed E-state index contributed by atoms with van der Waals surface area (Å²) in [5.74, 6) is -5.33. The molecule has 0 spiro atoms. The van der Waals surface area contributed by atoms with Crippen LogP contribution in [0.25, 0.3) is 0 Å². The van der Waals surface area contributed by atoms with Crippen molar-refractivity contribution in [1.29, 1.82) is 0 Å². The van der Waals surface area contributed by atoms with Crippen molar-refractivity contribution >= 4 is 48.2 Å². The molecule has 3 amide bonds. The van der Waals surface area contributed by atoms with Gasteiger partial charge in [0.05, 0.1) is 12.5 Å². The van der Waals surface area contributed by atoms with E-state index in [1.165, 1.54) is 0 Å². The standard InChI is InChI=1S/C22H33N7O7S/c23-13(10-17(30)31)18(32)28-15(9-12-5-2-1-3-6-12)19(33)29-16(11-37)20(34)27-14(21(35)36)7-4-8-26-22(24)25/h1-3,5-6,13-16,37H,4,7-11,23H2,(H,27,34)(H,28,32)(H,29,33)(H,30,31)(H,35,36)(H4,24,25,26). The smallest absolute Gasteiger partial charge is 0.326 e. The Morgan fingerprint density at radius 2 is 1.46 bits per heavy atom. The predicted octanol–water partition coefficient (Wildman–Crippen LogP) is -2.45. The number of nitrogens with two attached hydrogens (primary N) is 3. The molecule has 204 valence electrons. The quantitative estimate of drug-likeness (QED) is 0.0464. The zero-order chi connectivity index (χ0) is 28.0. The van der Waals surface area contributed by atoms with Crippen molar-refractivity contribution in [3.8, 4) is 0 Å². The summed E-state index contributed by atoms with van der Waals surface area (Å²) in [7, 11) is 0. The molecule has 0 saturated heterocycles. The van der Waals surface area contributed by atoms with Crippen LogP contribution in [0.15, 0.2) is 35.3 Å². The number of aliphatic imine (C=N–C) groups is 1. The summed E-state index contributed by atoms with van der Waals surface area (Å²) in [6.45, 7) is 0.166. The summed E-state index contributed by atoms with van der Waals surface area (Å²) in [5, 5.41) is 25.5. The van der Waals surface area contributed by atoms with Gasteiger partial charge in [0.2, 0.25) is 17.7 Å². The van der Waals surface area contributed by atoms with Crippen molar-refractivity contribution in [2.75, 3.05) is 12.3 Å². The fourth-order valence-corrected chi connectivity index (χ4v) is 3.38. The van der Waals surface area contributed by atoms with Gasteiger partial charge in [-0.05, 0) is 18.4 Å². The maximum Gasteiger partial charge on any atom is 0.326 e. The van der Waals surface area contributed by atoms with Gasteiger partial charge in [0.25, 0.3) is 0 Å². The molecule has 15 heteroatoms. The van der Waals surface area contributed by atoms with Crippen molar-refractivity contribution < 1.29 is 34.2 Å². The number of hydrogen-bond acceptors (Lipinski definition) is 8. The lowest BCUT2D eigenvalue weighted by atomic mass is 10.0. The molecule has 37 heavy (non-hydrogen) atoms. The number of hydrogen-bond donors (Lipinski definition) is 9. The van der Waals surface area contributed by atoms with Crippen molar-refractivity contribution in [2.24, 2.45) is 22.2 Å². The summed E-state index contributed by atoms with van der Waals surface area (Å²) in [6, 6.07) is 3.53. The lowest BCUT2D eigenvalue weighted by Crippen LogP contribution is -2.58. The first-order chi connectivity index (χ1) is 17.4. The molecule has 1 rings (SSSR count). The Balaban J connectivity index is 2.93. The number of guanidine groups is 1. The monoisotopic (exact) mass is 539 g/mol. The fourth-order valence-electron chi connectivity index (χ4n) is 3.12. The molecule has 0 bridgehead atoms. The van der Waals surface area contributed by atoms with Gasteiger partial charge in [-0.2, -0.15) is 12.6 Å². The van der Waals surface area contributed by atoms with Gasteiger partial charge in [-0.1, -0.05) is 30.3 Å². The molecule has 4 unspecified atom stereocenters. The Bertz CT molecular complexity index is 973. The van der Waals surface area contributed by atoms with Crippen LogP contribution in [0.1, 0.15) is 24.8 Å². The summed E-state index contributed by atoms with van der Waals surface area (Å²) in [4.78, 5) is 64.4. The SMILES string of the molecule is NC(N)=NCCCC(NC(=O)C(CS)NC(=O)C(Cc1ccccc1)NC(=O)C(N)CC(=O)O)C(=O)O. The van der Waals surface area contributed by atoms with E-state index >= 15 is 0 Å². The lowest BCUT2D eigenvalue weighted by molar-refractivity contribution is -0.142. The second-order valence-electron chi connectivity index (χ2n) is 8.05. The molecule has 0 aromatic heterocycles. The minimum Gasteiger partial charge on any atom is -0.481 e. The zero-order valence-corrected chi connectivity index (χ0v) is 20.9. The van der Waals surface area contributed by atoms with Crippen LogP contribution < -0.4 is 33.2 Å². The number of amides is 3. The third kappa shape index (κ3) is 12.1. The van der Waals surface area contributed by atoms with E-state index in [4.69, 9.17) is 22.3 Å². The number of benzene rings is 1. The molecule has 14 nitrogen and oxygen atoms in total. The molecule has 0 saturated carbocycles. The van der Waals surface area contributed by atoms with Crippen LogP contribution in [-0.2, 0) is 30.4 Å². The molecule has 0 aliphatic carbocycles. The van der Waals surface area contributed by atoms with Crippen molar-refractivity contribution in [1.82, 2.24) is 16.0 Å². The van der Waals surface area contributed by atoms with Crippen LogP contribution in [0.4, 0.5) is 0 Å². The second kappa shape index (κ2) is 16.0. The van der Waals surface area contributed by atoms with Crippen molar-refractivity contribution in [3.63, 3.8) is 0 Å². The van der Waals surface area contributed by atoms with Gasteiger partial charge in [0, 0.05) is 18.7 Å². The van der Waals surface area contributed by atoms with Gasteiger partial charge < -0.3 is 43.4 Å². The molecule has 4 atom stereocenters. The highest BCUT2D eigenvalue weighted by Crippen LogP contribution is 2.06. The highest BCUT2D eigenvalue weighted by atomic mass is 32.1. The van der Waals surface area contributed by atoms with Crippen LogP contribution in [0.3, 0.4) is 0 Å². The van der Waals surface area contributed by atoms with Gasteiger partial charge in [-0.25, -0.2) is 4.79 Å². The normalized spacial score (nSPS) is 13.8. The molecule has 11 N–H and O–H groups in total. The first-order valence-corrected chi connectivity index (χ1v) is 11.9. The number of aliphatic carboxylic acids is 2. The van der Waals surface area contributed by atoms with Crippen molar-refractivity contribution in [2.45, 2.75) is 49.9 Å². The highest BCUT2D eigenvalue weighted by molar-refractivity contribution is 7.80. The minimum absolute atomic E-state index is 0.0155. The van der Waals surface area contributed by atoms with Crippen LogP contribution in [-0.4, -0.2) is 82.3 Å².